The standard InChI is InChI=1S/C17H20N2O/c1-18-14-11-12-19(13-14)16-9-5-6-10-17(16)20-15-7-3-2-4-8-15/h2-10,14,18H,11-13H2,1H3. The van der Waals surface area contributed by atoms with Crippen molar-refractivity contribution < 1.29 is 4.74 Å². The number of nitrogens with one attached hydrogen (secondary N) is 1. The van der Waals surface area contributed by atoms with E-state index in [-0.39, 0.29) is 0 Å². The van der Waals surface area contributed by atoms with Crippen LogP contribution in [0.25, 0.3) is 0 Å². The highest BCUT2D eigenvalue weighted by molar-refractivity contribution is 5.60. The van der Waals surface area contributed by atoms with Gasteiger partial charge in [0.2, 0.25) is 0 Å². The largest absolute Gasteiger partial charge is 0.455 e. The Hall–Kier alpha value is -2.00. The van der Waals surface area contributed by atoms with Gasteiger partial charge in [-0.3, -0.25) is 0 Å². The van der Waals surface area contributed by atoms with E-state index in [1.54, 1.807) is 0 Å². The minimum absolute atomic E-state index is 0.569. The number of likely N-dealkylation sites (N-methyl/N-ethyl adjacent to an activating group) is 1. The van der Waals surface area contributed by atoms with Crippen molar-refractivity contribution in [3.63, 3.8) is 0 Å². The first-order chi connectivity index (χ1) is 9.86. The van der Waals surface area contributed by atoms with Gasteiger partial charge in [0.1, 0.15) is 5.75 Å². The lowest BCUT2D eigenvalue weighted by Gasteiger charge is -2.21. The van der Waals surface area contributed by atoms with Crippen LogP contribution in [0.4, 0.5) is 5.69 Å². The number of hydrogen-bond donors (Lipinski definition) is 1. The molecule has 0 spiro atoms. The molecule has 2 aromatic carbocycles. The quantitative estimate of drug-likeness (QED) is 0.921. The van der Waals surface area contributed by atoms with Crippen molar-refractivity contribution in [3.05, 3.63) is 54.6 Å². The minimum atomic E-state index is 0.569. The topological polar surface area (TPSA) is 24.5 Å². The van der Waals surface area contributed by atoms with Crippen LogP contribution < -0.4 is 15.0 Å². The van der Waals surface area contributed by atoms with Gasteiger partial charge >= 0.3 is 0 Å². The predicted molar refractivity (Wildman–Crippen MR) is 82.6 cm³/mol. The Morgan fingerprint density at radius 2 is 1.80 bits per heavy atom. The lowest BCUT2D eigenvalue weighted by molar-refractivity contribution is 0.482. The number of benzene rings is 2. The van der Waals surface area contributed by atoms with Crippen LogP contribution >= 0.6 is 0 Å². The summed E-state index contributed by atoms with van der Waals surface area (Å²) in [6.07, 6.45) is 1.18. The SMILES string of the molecule is CNC1CCN(c2ccccc2Oc2ccccc2)C1. The molecule has 0 aliphatic carbocycles. The van der Waals surface area contributed by atoms with Crippen LogP contribution in [0.1, 0.15) is 6.42 Å². The molecule has 0 aromatic heterocycles. The molecule has 1 atom stereocenters. The summed E-state index contributed by atoms with van der Waals surface area (Å²) < 4.78 is 6.03. The van der Waals surface area contributed by atoms with Crippen molar-refractivity contribution in [1.29, 1.82) is 0 Å². The van der Waals surface area contributed by atoms with Crippen molar-refractivity contribution in [2.24, 2.45) is 0 Å². The molecular formula is C17H20N2O. The molecule has 0 bridgehead atoms. The van der Waals surface area contributed by atoms with E-state index in [1.807, 2.05) is 49.5 Å². The lowest BCUT2D eigenvalue weighted by atomic mass is 10.2. The molecule has 1 fully saturated rings. The molecule has 1 unspecified atom stereocenters. The van der Waals surface area contributed by atoms with Crippen LogP contribution in [0.15, 0.2) is 54.6 Å². The van der Waals surface area contributed by atoms with Crippen molar-refractivity contribution in [1.82, 2.24) is 5.32 Å². The minimum Gasteiger partial charge on any atom is -0.455 e. The van der Waals surface area contributed by atoms with Crippen LogP contribution in [0.2, 0.25) is 0 Å². The average molecular weight is 268 g/mol. The summed E-state index contributed by atoms with van der Waals surface area (Å²) in [7, 11) is 2.03. The fourth-order valence-electron chi connectivity index (χ4n) is 2.63. The lowest BCUT2D eigenvalue weighted by Crippen LogP contribution is -2.29. The summed E-state index contributed by atoms with van der Waals surface area (Å²) in [6, 6.07) is 18.8. The van der Waals surface area contributed by atoms with Crippen LogP contribution in [0.3, 0.4) is 0 Å². The van der Waals surface area contributed by atoms with Gasteiger partial charge in [0, 0.05) is 19.1 Å². The third kappa shape index (κ3) is 2.78. The summed E-state index contributed by atoms with van der Waals surface area (Å²) in [5.41, 5.74) is 1.18. The molecule has 0 amide bonds. The number of nitrogens with zero attached hydrogens (tertiary/aromatic N) is 1. The Labute approximate surface area is 120 Å². The summed E-state index contributed by atoms with van der Waals surface area (Å²) in [5.74, 6) is 1.81. The van der Waals surface area contributed by atoms with Gasteiger partial charge in [-0.25, -0.2) is 0 Å². The van der Waals surface area contributed by atoms with Gasteiger partial charge < -0.3 is 15.0 Å². The fraction of sp³-hybridized carbons (Fsp3) is 0.294. The van der Waals surface area contributed by atoms with Gasteiger partial charge in [-0.2, -0.15) is 0 Å². The molecule has 3 heteroatoms. The zero-order valence-electron chi connectivity index (χ0n) is 11.8. The molecule has 1 saturated heterocycles. The molecular weight excluding hydrogens is 248 g/mol. The van der Waals surface area contributed by atoms with E-state index in [0.717, 1.165) is 24.6 Å². The Balaban J connectivity index is 1.82. The Morgan fingerprint density at radius 3 is 2.55 bits per heavy atom. The number of hydrogen-bond acceptors (Lipinski definition) is 3. The molecule has 3 nitrogen and oxygen atoms in total. The summed E-state index contributed by atoms with van der Waals surface area (Å²) >= 11 is 0. The molecule has 1 N–H and O–H groups in total. The van der Waals surface area contributed by atoms with Crippen molar-refractivity contribution in [2.45, 2.75) is 12.5 Å². The molecule has 2 aromatic rings. The average Bonchev–Trinajstić information content (AvgIpc) is 2.98. The second-order valence-electron chi connectivity index (χ2n) is 5.10. The highest BCUT2D eigenvalue weighted by Crippen LogP contribution is 2.33. The van der Waals surface area contributed by atoms with Gasteiger partial charge in [0.15, 0.2) is 5.75 Å². The monoisotopic (exact) mass is 268 g/mol. The molecule has 20 heavy (non-hydrogen) atoms. The van der Waals surface area contributed by atoms with Gasteiger partial charge in [0.05, 0.1) is 5.69 Å². The number of ether oxygens (including phenoxy) is 1. The molecule has 0 radical (unpaired) electrons. The Morgan fingerprint density at radius 1 is 1.05 bits per heavy atom. The third-order valence-electron chi connectivity index (χ3n) is 3.77. The van der Waals surface area contributed by atoms with Gasteiger partial charge in [0.25, 0.3) is 0 Å². The first-order valence-corrected chi connectivity index (χ1v) is 7.11. The molecule has 1 aliphatic rings. The fourth-order valence-corrected chi connectivity index (χ4v) is 2.63. The van der Waals surface area contributed by atoms with Crippen molar-refractivity contribution in [2.75, 3.05) is 25.0 Å². The maximum Gasteiger partial charge on any atom is 0.150 e. The van der Waals surface area contributed by atoms with E-state index < -0.39 is 0 Å². The molecule has 104 valence electrons. The van der Waals surface area contributed by atoms with Gasteiger partial charge in [-0.15, -0.1) is 0 Å². The van der Waals surface area contributed by atoms with Crippen molar-refractivity contribution >= 4 is 5.69 Å². The maximum atomic E-state index is 6.03. The second-order valence-corrected chi connectivity index (χ2v) is 5.10. The van der Waals surface area contributed by atoms with Gasteiger partial charge in [-0.05, 0) is 37.7 Å². The smallest absolute Gasteiger partial charge is 0.150 e. The van der Waals surface area contributed by atoms with E-state index in [2.05, 4.69) is 22.3 Å². The normalized spacial score (nSPS) is 18.2. The van der Waals surface area contributed by atoms with E-state index in [0.29, 0.717) is 6.04 Å². The zero-order valence-corrected chi connectivity index (χ0v) is 11.8. The third-order valence-corrected chi connectivity index (χ3v) is 3.77. The van der Waals surface area contributed by atoms with Crippen LogP contribution in [0, 0.1) is 0 Å². The van der Waals surface area contributed by atoms with Crippen LogP contribution in [-0.4, -0.2) is 26.2 Å². The number of para-hydroxylation sites is 3. The molecule has 3 rings (SSSR count). The van der Waals surface area contributed by atoms with E-state index >= 15 is 0 Å². The van der Waals surface area contributed by atoms with E-state index in [4.69, 9.17) is 4.74 Å². The Kier molecular flexibility index (Phi) is 3.88. The number of rotatable bonds is 4. The molecule has 0 saturated carbocycles. The first-order valence-electron chi connectivity index (χ1n) is 7.11. The van der Waals surface area contributed by atoms with Crippen molar-refractivity contribution in [3.8, 4) is 11.5 Å². The maximum absolute atomic E-state index is 6.03. The van der Waals surface area contributed by atoms with E-state index in [1.165, 1.54) is 12.1 Å². The van der Waals surface area contributed by atoms with Crippen LogP contribution in [0.5, 0.6) is 11.5 Å². The molecule has 1 aliphatic heterocycles. The predicted octanol–water partition coefficient (Wildman–Crippen LogP) is 3.28. The van der Waals surface area contributed by atoms with Crippen LogP contribution in [-0.2, 0) is 0 Å². The molecule has 1 heterocycles. The number of anilines is 1. The van der Waals surface area contributed by atoms with E-state index in [9.17, 15) is 0 Å². The first kappa shape index (κ1) is 13.0. The zero-order chi connectivity index (χ0) is 13.8. The second kappa shape index (κ2) is 5.97. The highest BCUT2D eigenvalue weighted by Gasteiger charge is 2.23. The highest BCUT2D eigenvalue weighted by atomic mass is 16.5. The summed E-state index contributed by atoms with van der Waals surface area (Å²) in [5, 5.41) is 3.35. The van der Waals surface area contributed by atoms with Gasteiger partial charge in [-0.1, -0.05) is 30.3 Å². The Bertz CT molecular complexity index is 556. The summed E-state index contributed by atoms with van der Waals surface area (Å²) in [4.78, 5) is 2.39. The summed E-state index contributed by atoms with van der Waals surface area (Å²) in [6.45, 7) is 2.10.